The summed E-state index contributed by atoms with van der Waals surface area (Å²) in [4.78, 5) is 9.80. The van der Waals surface area contributed by atoms with Crippen LogP contribution in [-0.2, 0) is 0 Å². The predicted molar refractivity (Wildman–Crippen MR) is 145 cm³/mol. The van der Waals surface area contributed by atoms with E-state index in [0.29, 0.717) is 0 Å². The van der Waals surface area contributed by atoms with Crippen LogP contribution in [0.3, 0.4) is 0 Å². The third kappa shape index (κ3) is 3.36. The average Bonchev–Trinajstić information content (AvgIpc) is 3.65. The van der Waals surface area contributed by atoms with Crippen molar-refractivity contribution in [3.63, 3.8) is 0 Å². The summed E-state index contributed by atoms with van der Waals surface area (Å²) in [5.74, 6) is 0. The Hall–Kier alpha value is -4.00. The van der Waals surface area contributed by atoms with Crippen molar-refractivity contribution in [2.75, 3.05) is 0 Å². The molecule has 0 amide bonds. The summed E-state index contributed by atoms with van der Waals surface area (Å²) in [7, 11) is 0. The van der Waals surface area contributed by atoms with Crippen molar-refractivity contribution in [1.82, 2.24) is 19.1 Å². The first-order valence-corrected chi connectivity index (χ1v) is 12.8. The van der Waals surface area contributed by atoms with Gasteiger partial charge in [-0.3, -0.25) is 0 Å². The minimum Gasteiger partial charge on any atom is -0.310 e. The van der Waals surface area contributed by atoms with E-state index < -0.39 is 0 Å². The molecule has 5 aromatic rings. The van der Waals surface area contributed by atoms with E-state index in [9.17, 15) is 0 Å². The fourth-order valence-corrected chi connectivity index (χ4v) is 5.71. The lowest BCUT2D eigenvalue weighted by atomic mass is 10.3. The number of aromatic nitrogens is 4. The van der Waals surface area contributed by atoms with Gasteiger partial charge in [-0.05, 0) is 95.7 Å². The Kier molecular flexibility index (Phi) is 4.46. The molecule has 0 saturated carbocycles. The number of thiophene rings is 2. The van der Waals surface area contributed by atoms with E-state index in [-0.39, 0.29) is 0 Å². The Morgan fingerprint density at radius 3 is 1.12 bits per heavy atom. The van der Waals surface area contributed by atoms with Gasteiger partial charge in [-0.1, -0.05) is 0 Å². The molecular formula is C28H18N4S2. The summed E-state index contributed by atoms with van der Waals surface area (Å²) in [5.41, 5.74) is 10.4. The Morgan fingerprint density at radius 2 is 0.824 bits per heavy atom. The molecule has 6 heteroatoms. The summed E-state index contributed by atoms with van der Waals surface area (Å²) in [6, 6.07) is 21.4. The molecule has 2 aliphatic rings. The van der Waals surface area contributed by atoms with Gasteiger partial charge in [-0.2, -0.15) is 22.7 Å². The molecule has 5 aromatic heterocycles. The Labute approximate surface area is 204 Å². The first-order valence-electron chi connectivity index (χ1n) is 11.0. The average molecular weight is 475 g/mol. The molecule has 0 saturated heterocycles. The molecule has 0 aliphatic carbocycles. The zero-order valence-electron chi connectivity index (χ0n) is 18.0. The van der Waals surface area contributed by atoms with Gasteiger partial charge >= 0.3 is 0 Å². The number of rotatable bonds is 2. The van der Waals surface area contributed by atoms with Crippen LogP contribution in [-0.4, -0.2) is 19.1 Å². The Balaban J connectivity index is 1.59. The molecule has 0 unspecified atom stereocenters. The normalized spacial score (nSPS) is 12.5. The van der Waals surface area contributed by atoms with Crippen molar-refractivity contribution in [1.29, 1.82) is 0 Å². The van der Waals surface area contributed by atoms with Crippen LogP contribution in [0.2, 0.25) is 0 Å². The lowest BCUT2D eigenvalue weighted by Crippen LogP contribution is -1.91. The molecule has 0 N–H and O–H groups in total. The van der Waals surface area contributed by atoms with E-state index in [2.05, 4.69) is 116 Å². The predicted octanol–water partition coefficient (Wildman–Crippen LogP) is 7.70. The van der Waals surface area contributed by atoms with Crippen LogP contribution in [0.4, 0.5) is 0 Å². The fourth-order valence-electron chi connectivity index (χ4n) is 4.47. The largest absolute Gasteiger partial charge is 0.310 e. The molecule has 34 heavy (non-hydrogen) atoms. The first-order chi connectivity index (χ1) is 16.8. The SMILES string of the molecule is C1=Cc2cc3ccc(cc4nc(cc5ccc(cc1n2)n5-c1ccsc1)C=C4)n3-c1ccsc1. The number of hydrogen-bond acceptors (Lipinski definition) is 4. The minimum atomic E-state index is 0.939. The van der Waals surface area contributed by atoms with Crippen LogP contribution in [0, 0.1) is 0 Å². The van der Waals surface area contributed by atoms with E-state index >= 15 is 0 Å². The van der Waals surface area contributed by atoms with E-state index in [1.165, 1.54) is 0 Å². The molecule has 0 spiro atoms. The summed E-state index contributed by atoms with van der Waals surface area (Å²) >= 11 is 3.39. The van der Waals surface area contributed by atoms with Crippen LogP contribution < -0.4 is 0 Å². The van der Waals surface area contributed by atoms with Gasteiger partial charge in [0.15, 0.2) is 0 Å². The highest BCUT2D eigenvalue weighted by atomic mass is 32.1. The minimum absolute atomic E-state index is 0.939. The number of hydrogen-bond donors (Lipinski definition) is 0. The molecule has 8 bridgehead atoms. The van der Waals surface area contributed by atoms with Gasteiger partial charge < -0.3 is 9.13 Å². The summed E-state index contributed by atoms with van der Waals surface area (Å²) in [6.45, 7) is 0. The first kappa shape index (κ1) is 19.5. The van der Waals surface area contributed by atoms with E-state index in [1.54, 1.807) is 22.7 Å². The van der Waals surface area contributed by atoms with Gasteiger partial charge in [0.2, 0.25) is 0 Å². The molecule has 0 radical (unpaired) electrons. The quantitative estimate of drug-likeness (QED) is 0.257. The molecule has 162 valence electrons. The van der Waals surface area contributed by atoms with Crippen molar-refractivity contribution >= 4 is 69.0 Å². The molecule has 0 atom stereocenters. The third-order valence-corrected chi connectivity index (χ3v) is 7.30. The maximum atomic E-state index is 4.90. The molecule has 0 fully saturated rings. The highest BCUT2D eigenvalue weighted by Gasteiger charge is 2.09. The second-order valence-electron chi connectivity index (χ2n) is 8.17. The maximum Gasteiger partial charge on any atom is 0.0658 e. The second-order valence-corrected chi connectivity index (χ2v) is 9.73. The third-order valence-electron chi connectivity index (χ3n) is 5.96. The van der Waals surface area contributed by atoms with Crippen molar-refractivity contribution in [3.8, 4) is 11.4 Å². The van der Waals surface area contributed by atoms with Crippen molar-refractivity contribution in [3.05, 3.63) is 105 Å². The number of fused-ring (bicyclic) bond motifs is 8. The van der Waals surface area contributed by atoms with Gasteiger partial charge in [0.25, 0.3) is 0 Å². The van der Waals surface area contributed by atoms with Crippen LogP contribution >= 0.6 is 22.7 Å². The van der Waals surface area contributed by atoms with Crippen LogP contribution in [0.25, 0.3) is 57.7 Å². The van der Waals surface area contributed by atoms with E-state index in [0.717, 1.165) is 56.2 Å². The fraction of sp³-hybridized carbons (Fsp3) is 0. The number of nitrogens with zero attached hydrogens (tertiary/aromatic N) is 4. The van der Waals surface area contributed by atoms with Gasteiger partial charge in [-0.15, -0.1) is 0 Å². The highest BCUT2D eigenvalue weighted by molar-refractivity contribution is 7.08. The summed E-state index contributed by atoms with van der Waals surface area (Å²) < 4.78 is 4.51. The lowest BCUT2D eigenvalue weighted by molar-refractivity contribution is 1.17. The summed E-state index contributed by atoms with van der Waals surface area (Å²) in [6.07, 6.45) is 8.31. The molecular weight excluding hydrogens is 456 g/mol. The van der Waals surface area contributed by atoms with Gasteiger partial charge in [0.05, 0.1) is 34.2 Å². The molecule has 0 aromatic carbocycles. The van der Waals surface area contributed by atoms with E-state index in [4.69, 9.17) is 9.97 Å². The van der Waals surface area contributed by atoms with E-state index in [1.807, 2.05) is 0 Å². The molecule has 7 heterocycles. The smallest absolute Gasteiger partial charge is 0.0658 e. The molecule has 2 aliphatic heterocycles. The van der Waals surface area contributed by atoms with Gasteiger partial charge in [0.1, 0.15) is 0 Å². The van der Waals surface area contributed by atoms with Crippen molar-refractivity contribution < 1.29 is 0 Å². The topological polar surface area (TPSA) is 35.6 Å². The van der Waals surface area contributed by atoms with Gasteiger partial charge in [0, 0.05) is 32.8 Å². The zero-order valence-corrected chi connectivity index (χ0v) is 19.6. The summed E-state index contributed by atoms with van der Waals surface area (Å²) in [5, 5.41) is 8.54. The van der Waals surface area contributed by atoms with Crippen molar-refractivity contribution in [2.24, 2.45) is 0 Å². The van der Waals surface area contributed by atoms with Crippen LogP contribution in [0.15, 0.2) is 82.2 Å². The Bertz CT molecular complexity index is 1530. The highest BCUT2D eigenvalue weighted by Crippen LogP contribution is 2.26. The van der Waals surface area contributed by atoms with Crippen LogP contribution in [0.1, 0.15) is 22.8 Å². The standard InChI is InChI=1S/C28H18N4S2/c1-2-20-14-24-7-8-26(32(24)28-10-12-34-18-28)16-22-4-3-21(30-22)15-25-6-5-23(13-19(1)29-20)31(25)27-9-11-33-17-27/h1-18H. The monoisotopic (exact) mass is 474 g/mol. The molecule has 4 nitrogen and oxygen atoms in total. The van der Waals surface area contributed by atoms with Gasteiger partial charge in [-0.25, -0.2) is 9.97 Å². The zero-order chi connectivity index (χ0) is 22.5. The van der Waals surface area contributed by atoms with Crippen molar-refractivity contribution in [2.45, 2.75) is 0 Å². The maximum absolute atomic E-state index is 4.90. The Morgan fingerprint density at radius 1 is 0.471 bits per heavy atom. The second kappa shape index (κ2) is 7.80. The molecule has 7 rings (SSSR count). The lowest BCUT2D eigenvalue weighted by Gasteiger charge is -2.03. The van der Waals surface area contributed by atoms with Crippen LogP contribution in [0.5, 0.6) is 0 Å².